The first-order valence-corrected chi connectivity index (χ1v) is 6.20. The molecule has 0 aromatic heterocycles. The minimum atomic E-state index is 0.0620. The first-order chi connectivity index (χ1) is 7.84. The van der Waals surface area contributed by atoms with Crippen molar-refractivity contribution in [1.29, 1.82) is 0 Å². The summed E-state index contributed by atoms with van der Waals surface area (Å²) in [7, 11) is 1.82. The van der Waals surface area contributed by atoms with E-state index in [0.29, 0.717) is 5.92 Å². The lowest BCUT2D eigenvalue weighted by Crippen LogP contribution is -2.10. The van der Waals surface area contributed by atoms with Crippen LogP contribution in [0, 0.1) is 0 Å². The first-order valence-electron chi connectivity index (χ1n) is 6.20. The van der Waals surface area contributed by atoms with Crippen LogP contribution in [0.15, 0.2) is 24.3 Å². The summed E-state index contributed by atoms with van der Waals surface area (Å²) in [6.45, 7) is 2.29. The molecule has 1 atom stereocenters. The molecule has 1 aromatic rings. The lowest BCUT2D eigenvalue weighted by molar-refractivity contribution is 0.0789. The molecule has 1 aromatic carbocycles. The molecule has 1 N–H and O–H groups in total. The van der Waals surface area contributed by atoms with Crippen LogP contribution in [0.25, 0.3) is 0 Å². The van der Waals surface area contributed by atoms with Gasteiger partial charge in [-0.3, -0.25) is 0 Å². The minimum absolute atomic E-state index is 0.0620. The van der Waals surface area contributed by atoms with Crippen LogP contribution in [-0.2, 0) is 10.3 Å². The number of nitrogens with one attached hydrogen (secondary N) is 1. The normalized spacial score (nSPS) is 26.9. The fourth-order valence-electron chi connectivity index (χ4n) is 2.72. The van der Waals surface area contributed by atoms with E-state index < -0.39 is 0 Å². The lowest BCUT2D eigenvalue weighted by atomic mass is 9.96. The van der Waals surface area contributed by atoms with Gasteiger partial charge in [0.05, 0.1) is 5.60 Å². The molecular formula is C14H19NO. The van der Waals surface area contributed by atoms with E-state index in [1.807, 2.05) is 7.11 Å². The van der Waals surface area contributed by atoms with Crippen LogP contribution in [-0.4, -0.2) is 20.2 Å². The van der Waals surface area contributed by atoms with Crippen LogP contribution in [0.1, 0.15) is 36.3 Å². The van der Waals surface area contributed by atoms with Gasteiger partial charge in [-0.15, -0.1) is 0 Å². The third-order valence-corrected chi connectivity index (χ3v) is 4.06. The summed E-state index contributed by atoms with van der Waals surface area (Å²) in [5, 5.41) is 3.41. The highest BCUT2D eigenvalue weighted by molar-refractivity contribution is 5.33. The van der Waals surface area contributed by atoms with Crippen LogP contribution in [0.4, 0.5) is 0 Å². The van der Waals surface area contributed by atoms with Crippen LogP contribution < -0.4 is 5.32 Å². The third kappa shape index (κ3) is 1.66. The summed E-state index contributed by atoms with van der Waals surface area (Å²) in [5.41, 5.74) is 2.89. The zero-order valence-electron chi connectivity index (χ0n) is 9.83. The molecule has 1 unspecified atom stereocenters. The molecule has 2 nitrogen and oxygen atoms in total. The van der Waals surface area contributed by atoms with Crippen molar-refractivity contribution in [2.45, 2.75) is 30.8 Å². The summed E-state index contributed by atoms with van der Waals surface area (Å²) < 4.78 is 5.59. The molecule has 1 saturated carbocycles. The maximum Gasteiger partial charge on any atom is 0.0929 e. The van der Waals surface area contributed by atoms with Gasteiger partial charge >= 0.3 is 0 Å². The molecule has 1 aliphatic carbocycles. The van der Waals surface area contributed by atoms with Gasteiger partial charge in [0.15, 0.2) is 0 Å². The topological polar surface area (TPSA) is 21.3 Å². The SMILES string of the molecule is COC1(c2ccc(C3CCNC3)cc2)CC1. The quantitative estimate of drug-likeness (QED) is 0.839. The van der Waals surface area contributed by atoms with Crippen molar-refractivity contribution in [3.63, 3.8) is 0 Å². The van der Waals surface area contributed by atoms with Gasteiger partial charge in [-0.05, 0) is 42.9 Å². The molecule has 1 aliphatic heterocycles. The van der Waals surface area contributed by atoms with Gasteiger partial charge in [-0.1, -0.05) is 24.3 Å². The molecule has 0 amide bonds. The Kier molecular flexibility index (Phi) is 2.49. The average molecular weight is 217 g/mol. The van der Waals surface area contributed by atoms with Gasteiger partial charge in [-0.2, -0.15) is 0 Å². The highest BCUT2D eigenvalue weighted by atomic mass is 16.5. The largest absolute Gasteiger partial charge is 0.374 e. The van der Waals surface area contributed by atoms with Crippen LogP contribution >= 0.6 is 0 Å². The fourth-order valence-corrected chi connectivity index (χ4v) is 2.72. The maximum atomic E-state index is 5.59. The summed E-state index contributed by atoms with van der Waals surface area (Å²) in [4.78, 5) is 0. The van der Waals surface area contributed by atoms with Crippen LogP contribution in [0.3, 0.4) is 0 Å². The number of benzene rings is 1. The van der Waals surface area contributed by atoms with Gasteiger partial charge in [0.2, 0.25) is 0 Å². The van der Waals surface area contributed by atoms with Gasteiger partial charge in [0.1, 0.15) is 0 Å². The summed E-state index contributed by atoms with van der Waals surface area (Å²) >= 11 is 0. The van der Waals surface area contributed by atoms with E-state index in [2.05, 4.69) is 29.6 Å². The van der Waals surface area contributed by atoms with Crippen molar-refractivity contribution in [3.8, 4) is 0 Å². The van der Waals surface area contributed by atoms with Crippen molar-refractivity contribution in [1.82, 2.24) is 5.32 Å². The summed E-state index contributed by atoms with van der Waals surface area (Å²) in [5.74, 6) is 0.715. The molecule has 3 rings (SSSR count). The molecule has 16 heavy (non-hydrogen) atoms. The van der Waals surface area contributed by atoms with Crippen molar-refractivity contribution >= 4 is 0 Å². The Morgan fingerprint density at radius 3 is 2.50 bits per heavy atom. The van der Waals surface area contributed by atoms with E-state index in [4.69, 9.17) is 4.74 Å². The highest BCUT2D eigenvalue weighted by Gasteiger charge is 2.44. The number of rotatable bonds is 3. The molecule has 86 valence electrons. The van der Waals surface area contributed by atoms with Gasteiger partial charge in [-0.25, -0.2) is 0 Å². The van der Waals surface area contributed by atoms with E-state index in [9.17, 15) is 0 Å². The van der Waals surface area contributed by atoms with Crippen LogP contribution in [0.5, 0.6) is 0 Å². The van der Waals surface area contributed by atoms with Gasteiger partial charge < -0.3 is 10.1 Å². The lowest BCUT2D eigenvalue weighted by Gasteiger charge is -2.15. The van der Waals surface area contributed by atoms with Gasteiger partial charge in [0, 0.05) is 13.7 Å². The Morgan fingerprint density at radius 1 is 1.25 bits per heavy atom. The Labute approximate surface area is 97.0 Å². The number of hydrogen-bond acceptors (Lipinski definition) is 2. The molecule has 2 aliphatic rings. The smallest absolute Gasteiger partial charge is 0.0929 e. The van der Waals surface area contributed by atoms with Crippen molar-refractivity contribution in [3.05, 3.63) is 35.4 Å². The Hall–Kier alpha value is -0.860. The molecular weight excluding hydrogens is 198 g/mol. The Balaban J connectivity index is 1.79. The Bertz CT molecular complexity index is 361. The zero-order valence-corrected chi connectivity index (χ0v) is 9.83. The molecule has 0 radical (unpaired) electrons. The monoisotopic (exact) mass is 217 g/mol. The third-order valence-electron chi connectivity index (χ3n) is 4.06. The van der Waals surface area contributed by atoms with E-state index in [1.54, 1.807) is 0 Å². The minimum Gasteiger partial charge on any atom is -0.374 e. The molecule has 1 heterocycles. The second-order valence-electron chi connectivity index (χ2n) is 5.01. The zero-order chi connectivity index (χ0) is 11.0. The highest BCUT2D eigenvalue weighted by Crippen LogP contribution is 2.48. The summed E-state index contributed by atoms with van der Waals surface area (Å²) in [6.07, 6.45) is 3.62. The average Bonchev–Trinajstić information content (AvgIpc) is 2.96. The Morgan fingerprint density at radius 2 is 2.00 bits per heavy atom. The molecule has 2 fully saturated rings. The predicted molar refractivity (Wildman–Crippen MR) is 64.6 cm³/mol. The standard InChI is InChI=1S/C14H19NO/c1-16-14(7-8-14)13-4-2-11(3-5-13)12-6-9-15-10-12/h2-5,12,15H,6-10H2,1H3. The van der Waals surface area contributed by atoms with E-state index in [0.717, 1.165) is 13.1 Å². The number of hydrogen-bond donors (Lipinski definition) is 1. The number of ether oxygens (including phenoxy) is 1. The fraction of sp³-hybridized carbons (Fsp3) is 0.571. The second kappa shape index (κ2) is 3.86. The molecule has 2 heteroatoms. The molecule has 0 spiro atoms. The maximum absolute atomic E-state index is 5.59. The molecule has 1 saturated heterocycles. The van der Waals surface area contributed by atoms with E-state index >= 15 is 0 Å². The second-order valence-corrected chi connectivity index (χ2v) is 5.01. The first kappa shape index (κ1) is 10.3. The van der Waals surface area contributed by atoms with Crippen LogP contribution in [0.2, 0.25) is 0 Å². The number of methoxy groups -OCH3 is 1. The van der Waals surface area contributed by atoms with Gasteiger partial charge in [0.25, 0.3) is 0 Å². The van der Waals surface area contributed by atoms with Crippen molar-refractivity contribution in [2.75, 3.05) is 20.2 Å². The predicted octanol–water partition coefficient (Wildman–Crippen LogP) is 2.40. The molecule has 0 bridgehead atoms. The van der Waals surface area contributed by atoms with Crippen molar-refractivity contribution < 1.29 is 4.74 Å². The summed E-state index contributed by atoms with van der Waals surface area (Å²) in [6, 6.07) is 9.08. The van der Waals surface area contributed by atoms with E-state index in [-0.39, 0.29) is 5.60 Å². The van der Waals surface area contributed by atoms with E-state index in [1.165, 1.54) is 30.4 Å². The van der Waals surface area contributed by atoms with Crippen molar-refractivity contribution in [2.24, 2.45) is 0 Å².